The van der Waals surface area contributed by atoms with Crippen LogP contribution in [0.5, 0.6) is 0 Å². The summed E-state index contributed by atoms with van der Waals surface area (Å²) in [5, 5.41) is 17.0. The molecule has 0 atom stereocenters. The largest absolute Gasteiger partial charge is 0.463 e. The Morgan fingerprint density at radius 1 is 0.964 bits per heavy atom. The molecule has 2 heterocycles. The first-order valence-electron chi connectivity index (χ1n) is 8.85. The minimum Gasteiger partial charge on any atom is -0.463 e. The number of furan rings is 1. The highest BCUT2D eigenvalue weighted by atomic mass is 32.1. The number of allylic oxidation sites excluding steroid dienone is 1. The Bertz CT molecular complexity index is 1320. The molecule has 0 unspecified atom stereocenters. The molecule has 0 amide bonds. The maximum atomic E-state index is 9.85. The quantitative estimate of drug-likeness (QED) is 0.257. The molecule has 0 spiro atoms. The van der Waals surface area contributed by atoms with Crippen molar-refractivity contribution in [3.8, 4) is 17.5 Å². The molecule has 0 aliphatic heterocycles. The maximum Gasteiger partial charge on any atom is 0.153 e. The minimum atomic E-state index is 0.546. The summed E-state index contributed by atoms with van der Waals surface area (Å²) in [5.74, 6) is 0.704. The van der Waals surface area contributed by atoms with Gasteiger partial charge in [-0.2, -0.15) is 5.26 Å². The van der Waals surface area contributed by atoms with Crippen LogP contribution in [0.2, 0.25) is 0 Å². The summed E-state index contributed by atoms with van der Waals surface area (Å²) < 4.78 is 5.42. The van der Waals surface area contributed by atoms with E-state index < -0.39 is 0 Å². The van der Waals surface area contributed by atoms with Crippen LogP contribution < -0.4 is 0 Å². The number of rotatable bonds is 3. The first-order chi connectivity index (χ1) is 13.8. The third-order valence-electron chi connectivity index (χ3n) is 4.73. The summed E-state index contributed by atoms with van der Waals surface area (Å²) >= 11 is 1.45. The van der Waals surface area contributed by atoms with Crippen LogP contribution in [0.25, 0.3) is 44.6 Å². The number of hydrogen-bond donors (Lipinski definition) is 0. The number of thiazole rings is 1. The van der Waals surface area contributed by atoms with Gasteiger partial charge in [0.15, 0.2) is 5.76 Å². The zero-order valence-electron chi connectivity index (χ0n) is 14.8. The minimum absolute atomic E-state index is 0.546. The second-order valence-electron chi connectivity index (χ2n) is 6.42. The lowest BCUT2D eigenvalue weighted by molar-refractivity contribution is 0.580. The molecule has 5 rings (SSSR count). The molecule has 4 heteroatoms. The molecule has 0 N–H and O–H groups in total. The molecule has 5 aromatic rings. The van der Waals surface area contributed by atoms with E-state index in [2.05, 4.69) is 41.4 Å². The molecule has 3 aromatic carbocycles. The van der Waals surface area contributed by atoms with Crippen molar-refractivity contribution in [1.82, 2.24) is 4.98 Å². The van der Waals surface area contributed by atoms with E-state index in [1.54, 1.807) is 6.26 Å². The van der Waals surface area contributed by atoms with Gasteiger partial charge in [0.1, 0.15) is 16.8 Å². The van der Waals surface area contributed by atoms with Crippen LogP contribution in [0.3, 0.4) is 0 Å². The lowest BCUT2D eigenvalue weighted by Gasteiger charge is -2.08. The van der Waals surface area contributed by atoms with Crippen molar-refractivity contribution in [3.63, 3.8) is 0 Å². The molecule has 0 fully saturated rings. The third kappa shape index (κ3) is 2.79. The number of hydrogen-bond acceptors (Lipinski definition) is 4. The van der Waals surface area contributed by atoms with Gasteiger partial charge in [-0.3, -0.25) is 0 Å². The molecule has 132 valence electrons. The van der Waals surface area contributed by atoms with Crippen LogP contribution in [-0.4, -0.2) is 4.98 Å². The first kappa shape index (κ1) is 16.5. The standard InChI is InChI=1S/C24H14N2OS/c25-14-18(24-26-22(15-28-24)23-10-5-11-27-23)13-21-19-8-3-1-6-16(19)12-17-7-2-4-9-20(17)21/h1-13,15H. The van der Waals surface area contributed by atoms with Gasteiger partial charge in [-0.15, -0.1) is 11.3 Å². The van der Waals surface area contributed by atoms with Crippen LogP contribution in [0.1, 0.15) is 10.6 Å². The lowest BCUT2D eigenvalue weighted by atomic mass is 9.95. The second-order valence-corrected chi connectivity index (χ2v) is 7.28. The van der Waals surface area contributed by atoms with Crippen molar-refractivity contribution in [2.45, 2.75) is 0 Å². The van der Waals surface area contributed by atoms with Crippen molar-refractivity contribution in [3.05, 3.63) is 88.9 Å². The Balaban J connectivity index is 1.72. The normalized spacial score (nSPS) is 11.8. The molecule has 2 aromatic heterocycles. The monoisotopic (exact) mass is 378 g/mol. The average Bonchev–Trinajstić information content (AvgIpc) is 3.43. The van der Waals surface area contributed by atoms with Gasteiger partial charge in [-0.05, 0) is 51.4 Å². The Morgan fingerprint density at radius 2 is 1.68 bits per heavy atom. The Morgan fingerprint density at radius 3 is 2.32 bits per heavy atom. The highest BCUT2D eigenvalue weighted by molar-refractivity contribution is 7.11. The van der Waals surface area contributed by atoms with Crippen LogP contribution >= 0.6 is 11.3 Å². The predicted octanol–water partition coefficient (Wildman–Crippen LogP) is 6.77. The fourth-order valence-corrected chi connectivity index (χ4v) is 4.20. The molecular weight excluding hydrogens is 364 g/mol. The summed E-state index contributed by atoms with van der Waals surface area (Å²) in [6.07, 6.45) is 3.58. The summed E-state index contributed by atoms with van der Waals surface area (Å²) in [6, 6.07) is 24.7. The van der Waals surface area contributed by atoms with E-state index in [1.807, 2.05) is 47.9 Å². The van der Waals surface area contributed by atoms with Crippen molar-refractivity contribution >= 4 is 44.5 Å². The molecule has 0 saturated heterocycles. The molecule has 3 nitrogen and oxygen atoms in total. The Hall–Kier alpha value is -3.68. The number of benzene rings is 3. The fourth-order valence-electron chi connectivity index (χ4n) is 3.43. The van der Waals surface area contributed by atoms with E-state index in [-0.39, 0.29) is 0 Å². The highest BCUT2D eigenvalue weighted by Gasteiger charge is 2.13. The first-order valence-corrected chi connectivity index (χ1v) is 9.73. The van der Waals surface area contributed by atoms with Gasteiger partial charge < -0.3 is 4.42 Å². The van der Waals surface area contributed by atoms with E-state index in [0.717, 1.165) is 32.8 Å². The van der Waals surface area contributed by atoms with Crippen molar-refractivity contribution in [2.75, 3.05) is 0 Å². The van der Waals surface area contributed by atoms with E-state index in [0.29, 0.717) is 16.3 Å². The van der Waals surface area contributed by atoms with Crippen LogP contribution in [0.4, 0.5) is 0 Å². The van der Waals surface area contributed by atoms with Gasteiger partial charge >= 0.3 is 0 Å². The maximum absolute atomic E-state index is 9.85. The molecule has 0 aliphatic carbocycles. The third-order valence-corrected chi connectivity index (χ3v) is 5.61. The van der Waals surface area contributed by atoms with Gasteiger partial charge in [-0.25, -0.2) is 4.98 Å². The number of nitrogens with zero attached hydrogens (tertiary/aromatic N) is 2. The second kappa shape index (κ2) is 6.80. The van der Waals surface area contributed by atoms with Gasteiger partial charge in [0.25, 0.3) is 0 Å². The van der Waals surface area contributed by atoms with Gasteiger partial charge in [-0.1, -0.05) is 48.5 Å². The van der Waals surface area contributed by atoms with E-state index in [9.17, 15) is 5.26 Å². The van der Waals surface area contributed by atoms with Gasteiger partial charge in [0, 0.05) is 5.38 Å². The molecule has 0 saturated carbocycles. The Labute approximate surface area is 165 Å². The van der Waals surface area contributed by atoms with Crippen molar-refractivity contribution in [2.24, 2.45) is 0 Å². The highest BCUT2D eigenvalue weighted by Crippen LogP contribution is 2.33. The topological polar surface area (TPSA) is 49.8 Å². The zero-order chi connectivity index (χ0) is 18.9. The van der Waals surface area contributed by atoms with Crippen LogP contribution in [0, 0.1) is 11.3 Å². The summed E-state index contributed by atoms with van der Waals surface area (Å²) in [6.45, 7) is 0. The fraction of sp³-hybridized carbons (Fsp3) is 0. The van der Waals surface area contributed by atoms with Crippen molar-refractivity contribution in [1.29, 1.82) is 5.26 Å². The summed E-state index contributed by atoms with van der Waals surface area (Å²) in [4.78, 5) is 4.61. The molecule has 0 radical (unpaired) electrons. The van der Waals surface area contributed by atoms with Crippen molar-refractivity contribution < 1.29 is 4.42 Å². The molecule has 0 aliphatic rings. The number of nitriles is 1. The van der Waals surface area contributed by atoms with E-state index in [4.69, 9.17) is 4.42 Å². The lowest BCUT2D eigenvalue weighted by Crippen LogP contribution is -1.86. The van der Waals surface area contributed by atoms with Gasteiger partial charge in [0.05, 0.1) is 11.8 Å². The number of fused-ring (bicyclic) bond motifs is 2. The predicted molar refractivity (Wildman–Crippen MR) is 115 cm³/mol. The Kier molecular flexibility index (Phi) is 4.01. The van der Waals surface area contributed by atoms with Crippen LogP contribution in [0.15, 0.2) is 82.8 Å². The van der Waals surface area contributed by atoms with Gasteiger partial charge in [0.2, 0.25) is 0 Å². The van der Waals surface area contributed by atoms with E-state index in [1.165, 1.54) is 11.3 Å². The average molecular weight is 378 g/mol. The summed E-state index contributed by atoms with van der Waals surface area (Å²) in [7, 11) is 0. The van der Waals surface area contributed by atoms with Crippen LogP contribution in [-0.2, 0) is 0 Å². The molecule has 28 heavy (non-hydrogen) atoms. The number of aromatic nitrogens is 1. The molecular formula is C24H14N2OS. The smallest absolute Gasteiger partial charge is 0.153 e. The summed E-state index contributed by atoms with van der Waals surface area (Å²) in [5.41, 5.74) is 2.33. The molecule has 0 bridgehead atoms. The zero-order valence-corrected chi connectivity index (χ0v) is 15.6. The van der Waals surface area contributed by atoms with E-state index >= 15 is 0 Å². The SMILES string of the molecule is N#CC(=Cc1c2ccccc2cc2ccccc12)c1nc(-c2ccco2)cs1.